The van der Waals surface area contributed by atoms with Crippen LogP contribution in [0.4, 0.5) is 0 Å². The Hall–Kier alpha value is -0.360. The molecule has 3 N–H and O–H groups in total. The molecule has 4 nitrogen and oxygen atoms in total. The van der Waals surface area contributed by atoms with Gasteiger partial charge in [0.25, 0.3) is 0 Å². The molecule has 17 heavy (non-hydrogen) atoms. The fourth-order valence-corrected chi connectivity index (χ4v) is 1.88. The van der Waals surface area contributed by atoms with Crippen LogP contribution in [-0.4, -0.2) is 17.4 Å². The SMILES string of the molecule is CCc1nc(CNC(=O)CCCN)cs1.Cl.Cl. The van der Waals surface area contributed by atoms with Crippen LogP contribution in [0.25, 0.3) is 0 Å². The third kappa shape index (κ3) is 7.54. The van der Waals surface area contributed by atoms with E-state index in [2.05, 4.69) is 17.2 Å². The van der Waals surface area contributed by atoms with Gasteiger partial charge < -0.3 is 11.1 Å². The number of nitrogens with one attached hydrogen (secondary N) is 1. The predicted molar refractivity (Wildman–Crippen MR) is 76.1 cm³/mol. The first-order valence-corrected chi connectivity index (χ1v) is 6.04. The molecule has 0 aliphatic carbocycles. The first kappa shape index (κ1) is 19.0. The lowest BCUT2D eigenvalue weighted by molar-refractivity contribution is -0.121. The molecular weight excluding hydrogens is 281 g/mol. The molecule has 0 aliphatic heterocycles. The molecule has 0 aliphatic rings. The summed E-state index contributed by atoms with van der Waals surface area (Å²) in [5, 5.41) is 5.92. The number of hydrogen-bond donors (Lipinski definition) is 2. The van der Waals surface area contributed by atoms with E-state index in [1.165, 1.54) is 0 Å². The zero-order valence-electron chi connectivity index (χ0n) is 9.77. The lowest BCUT2D eigenvalue weighted by Crippen LogP contribution is -2.23. The fraction of sp³-hybridized carbons (Fsp3) is 0.600. The van der Waals surface area contributed by atoms with E-state index in [0.29, 0.717) is 19.5 Å². The molecule has 0 unspecified atom stereocenters. The molecule has 0 saturated carbocycles. The van der Waals surface area contributed by atoms with Gasteiger partial charge in [0, 0.05) is 11.8 Å². The van der Waals surface area contributed by atoms with Crippen LogP contribution < -0.4 is 11.1 Å². The third-order valence-electron chi connectivity index (χ3n) is 1.98. The number of halogens is 2. The largest absolute Gasteiger partial charge is 0.350 e. The zero-order chi connectivity index (χ0) is 11.1. The topological polar surface area (TPSA) is 68.0 Å². The van der Waals surface area contributed by atoms with E-state index in [9.17, 15) is 4.79 Å². The van der Waals surface area contributed by atoms with Crippen molar-refractivity contribution in [3.05, 3.63) is 16.1 Å². The van der Waals surface area contributed by atoms with E-state index in [1.807, 2.05) is 5.38 Å². The fourth-order valence-electron chi connectivity index (χ4n) is 1.13. The average Bonchev–Trinajstić information content (AvgIpc) is 2.71. The first-order chi connectivity index (χ1) is 7.26. The van der Waals surface area contributed by atoms with Crippen molar-refractivity contribution in [1.82, 2.24) is 10.3 Å². The van der Waals surface area contributed by atoms with Crippen LogP contribution in [0, 0.1) is 0 Å². The van der Waals surface area contributed by atoms with Crippen LogP contribution in [0.3, 0.4) is 0 Å². The molecule has 0 aromatic carbocycles. The highest BCUT2D eigenvalue weighted by Gasteiger charge is 2.03. The third-order valence-corrected chi connectivity index (χ3v) is 3.02. The smallest absolute Gasteiger partial charge is 0.220 e. The minimum atomic E-state index is 0. The van der Waals surface area contributed by atoms with Crippen molar-refractivity contribution in [3.63, 3.8) is 0 Å². The Morgan fingerprint density at radius 2 is 2.24 bits per heavy atom. The number of carbonyl (C=O) groups is 1. The van der Waals surface area contributed by atoms with Gasteiger partial charge in [-0.15, -0.1) is 36.2 Å². The van der Waals surface area contributed by atoms with Crippen LogP contribution in [0.5, 0.6) is 0 Å². The lowest BCUT2D eigenvalue weighted by atomic mass is 10.3. The van der Waals surface area contributed by atoms with Gasteiger partial charge in [0.05, 0.1) is 17.2 Å². The molecule has 0 saturated heterocycles. The van der Waals surface area contributed by atoms with Crippen LogP contribution in [-0.2, 0) is 17.8 Å². The van der Waals surface area contributed by atoms with Crippen molar-refractivity contribution in [2.24, 2.45) is 5.73 Å². The molecule has 100 valence electrons. The van der Waals surface area contributed by atoms with Crippen LogP contribution in [0.1, 0.15) is 30.5 Å². The number of nitrogens with zero attached hydrogens (tertiary/aromatic N) is 1. The zero-order valence-corrected chi connectivity index (χ0v) is 12.2. The molecule has 1 heterocycles. The van der Waals surface area contributed by atoms with Gasteiger partial charge in [-0.2, -0.15) is 0 Å². The van der Waals surface area contributed by atoms with Gasteiger partial charge in [0.15, 0.2) is 0 Å². The second-order valence-corrected chi connectivity index (χ2v) is 4.20. The minimum absolute atomic E-state index is 0. The van der Waals surface area contributed by atoms with Gasteiger partial charge in [0.1, 0.15) is 0 Å². The van der Waals surface area contributed by atoms with Gasteiger partial charge in [0.2, 0.25) is 5.91 Å². The van der Waals surface area contributed by atoms with Crippen molar-refractivity contribution in [2.45, 2.75) is 32.7 Å². The molecular formula is C10H19Cl2N3OS. The van der Waals surface area contributed by atoms with Crippen molar-refractivity contribution in [3.8, 4) is 0 Å². The van der Waals surface area contributed by atoms with E-state index in [0.717, 1.165) is 23.5 Å². The maximum absolute atomic E-state index is 11.3. The molecule has 1 amide bonds. The van der Waals surface area contributed by atoms with Gasteiger partial charge in [-0.05, 0) is 19.4 Å². The number of rotatable bonds is 6. The minimum Gasteiger partial charge on any atom is -0.350 e. The molecule has 7 heteroatoms. The highest BCUT2D eigenvalue weighted by molar-refractivity contribution is 7.09. The maximum atomic E-state index is 11.3. The summed E-state index contributed by atoms with van der Waals surface area (Å²) in [5.74, 6) is 0.0477. The van der Waals surface area contributed by atoms with E-state index in [-0.39, 0.29) is 30.7 Å². The van der Waals surface area contributed by atoms with Gasteiger partial charge >= 0.3 is 0 Å². The highest BCUT2D eigenvalue weighted by atomic mass is 35.5. The summed E-state index contributed by atoms with van der Waals surface area (Å²) >= 11 is 1.64. The van der Waals surface area contributed by atoms with Crippen molar-refractivity contribution >= 4 is 42.1 Å². The van der Waals surface area contributed by atoms with Crippen LogP contribution >= 0.6 is 36.2 Å². The van der Waals surface area contributed by atoms with E-state index >= 15 is 0 Å². The second-order valence-electron chi connectivity index (χ2n) is 3.26. The average molecular weight is 300 g/mol. The molecule has 1 aromatic heterocycles. The van der Waals surface area contributed by atoms with Gasteiger partial charge in [-0.3, -0.25) is 4.79 Å². The molecule has 0 fully saturated rings. The number of thiazole rings is 1. The molecule has 1 aromatic rings. The summed E-state index contributed by atoms with van der Waals surface area (Å²) in [7, 11) is 0. The Morgan fingerprint density at radius 1 is 1.53 bits per heavy atom. The number of aromatic nitrogens is 1. The maximum Gasteiger partial charge on any atom is 0.220 e. The quantitative estimate of drug-likeness (QED) is 0.843. The summed E-state index contributed by atoms with van der Waals surface area (Å²) in [6.45, 7) is 3.16. The van der Waals surface area contributed by atoms with Crippen molar-refractivity contribution in [1.29, 1.82) is 0 Å². The van der Waals surface area contributed by atoms with E-state index < -0.39 is 0 Å². The first-order valence-electron chi connectivity index (χ1n) is 5.16. The molecule has 0 bridgehead atoms. The molecule has 0 spiro atoms. The number of nitrogens with two attached hydrogens (primary N) is 1. The number of aryl methyl sites for hydroxylation is 1. The van der Waals surface area contributed by atoms with Crippen molar-refractivity contribution in [2.75, 3.05) is 6.54 Å². The number of amides is 1. The molecule has 0 atom stereocenters. The molecule has 0 radical (unpaired) electrons. The Balaban J connectivity index is 0. The standard InChI is InChI=1S/C10H17N3OS.2ClH/c1-2-10-13-8(7-15-10)6-12-9(14)4-3-5-11;;/h7H,2-6,11H2,1H3,(H,12,14);2*1H. The van der Waals surface area contributed by atoms with Gasteiger partial charge in [-0.1, -0.05) is 6.92 Å². The number of hydrogen-bond acceptors (Lipinski definition) is 4. The highest BCUT2D eigenvalue weighted by Crippen LogP contribution is 2.09. The Labute approximate surface area is 118 Å². The van der Waals surface area contributed by atoms with E-state index in [4.69, 9.17) is 5.73 Å². The Morgan fingerprint density at radius 3 is 2.76 bits per heavy atom. The summed E-state index contributed by atoms with van der Waals surface area (Å²) in [6.07, 6.45) is 2.19. The van der Waals surface area contributed by atoms with E-state index in [1.54, 1.807) is 11.3 Å². The molecule has 1 rings (SSSR count). The Bertz CT molecular complexity index is 320. The van der Waals surface area contributed by atoms with Crippen molar-refractivity contribution < 1.29 is 4.79 Å². The predicted octanol–water partition coefficient (Wildman–Crippen LogP) is 1.90. The summed E-state index contributed by atoms with van der Waals surface area (Å²) in [4.78, 5) is 15.6. The monoisotopic (exact) mass is 299 g/mol. The normalized spacial score (nSPS) is 9.06. The van der Waals surface area contributed by atoms with Crippen LogP contribution in [0.2, 0.25) is 0 Å². The second kappa shape index (κ2) is 10.8. The summed E-state index contributed by atoms with van der Waals surface area (Å²) in [6, 6.07) is 0. The summed E-state index contributed by atoms with van der Waals surface area (Å²) < 4.78 is 0. The lowest BCUT2D eigenvalue weighted by Gasteiger charge is -2.01. The summed E-state index contributed by atoms with van der Waals surface area (Å²) in [5.41, 5.74) is 6.26. The van der Waals surface area contributed by atoms with Gasteiger partial charge in [-0.25, -0.2) is 4.98 Å². The Kier molecular flexibility index (Phi) is 12.0. The van der Waals surface area contributed by atoms with Crippen LogP contribution in [0.15, 0.2) is 5.38 Å². The number of carbonyl (C=O) groups excluding carboxylic acids is 1.